The van der Waals surface area contributed by atoms with Crippen LogP contribution < -0.4 is 0 Å². The summed E-state index contributed by atoms with van der Waals surface area (Å²) < 4.78 is 59.8. The SMILES string of the molecule is O=C(OCC(F)(F)S(=O)(=O)[O-])n1ccnc1. The van der Waals surface area contributed by atoms with Crippen molar-refractivity contribution in [3.05, 3.63) is 18.7 Å². The molecule has 0 fully saturated rings. The summed E-state index contributed by atoms with van der Waals surface area (Å²) in [5.74, 6) is 0. The zero-order chi connectivity index (χ0) is 12.4. The standard InChI is InChI=1S/C6H6F2N2O5S/c7-6(8,16(12,13)14)3-15-5(11)10-2-1-9-4-10/h1-2,4H,3H2,(H,12,13,14)/p-1. The molecule has 0 aromatic carbocycles. The van der Waals surface area contributed by atoms with Crippen LogP contribution in [0, 0.1) is 0 Å². The Bertz CT molecular complexity index is 469. The summed E-state index contributed by atoms with van der Waals surface area (Å²) in [7, 11) is -5.85. The molecule has 0 amide bonds. The molecule has 1 aromatic heterocycles. The van der Waals surface area contributed by atoms with Gasteiger partial charge in [-0.25, -0.2) is 22.8 Å². The van der Waals surface area contributed by atoms with Gasteiger partial charge in [0, 0.05) is 12.4 Å². The molecular formula is C6H5F2N2O5S-. The minimum Gasteiger partial charge on any atom is -0.743 e. The van der Waals surface area contributed by atoms with Crippen molar-refractivity contribution in [1.82, 2.24) is 9.55 Å². The van der Waals surface area contributed by atoms with Crippen molar-refractivity contribution < 1.29 is 31.3 Å². The number of alkyl halides is 2. The van der Waals surface area contributed by atoms with E-state index in [4.69, 9.17) is 0 Å². The van der Waals surface area contributed by atoms with Gasteiger partial charge in [0.05, 0.1) is 0 Å². The van der Waals surface area contributed by atoms with Crippen molar-refractivity contribution in [3.8, 4) is 0 Å². The molecule has 0 aliphatic rings. The van der Waals surface area contributed by atoms with E-state index in [1.807, 2.05) is 0 Å². The lowest BCUT2D eigenvalue weighted by atomic mass is 10.7. The molecule has 0 aliphatic carbocycles. The molecule has 1 aromatic rings. The maximum atomic E-state index is 12.5. The number of aromatic nitrogens is 2. The van der Waals surface area contributed by atoms with E-state index in [0.29, 0.717) is 4.57 Å². The van der Waals surface area contributed by atoms with Gasteiger partial charge >= 0.3 is 11.3 Å². The zero-order valence-electron chi connectivity index (χ0n) is 7.54. The Kier molecular flexibility index (Phi) is 3.24. The smallest absolute Gasteiger partial charge is 0.419 e. The lowest BCUT2D eigenvalue weighted by molar-refractivity contribution is 0.00704. The molecule has 0 N–H and O–H groups in total. The molecule has 0 radical (unpaired) electrons. The maximum absolute atomic E-state index is 12.5. The lowest BCUT2D eigenvalue weighted by Gasteiger charge is -2.19. The topological polar surface area (TPSA) is 101 Å². The van der Waals surface area contributed by atoms with E-state index in [1.54, 1.807) is 0 Å². The largest absolute Gasteiger partial charge is 0.743 e. The van der Waals surface area contributed by atoms with Gasteiger partial charge in [0.2, 0.25) is 0 Å². The molecule has 0 saturated carbocycles. The van der Waals surface area contributed by atoms with Gasteiger partial charge in [-0.2, -0.15) is 8.78 Å². The first kappa shape index (κ1) is 12.5. The van der Waals surface area contributed by atoms with Crippen molar-refractivity contribution in [3.63, 3.8) is 0 Å². The Morgan fingerprint density at radius 1 is 1.56 bits per heavy atom. The average molecular weight is 255 g/mol. The third-order valence-corrected chi connectivity index (χ3v) is 2.29. The van der Waals surface area contributed by atoms with Crippen LogP contribution in [-0.2, 0) is 14.9 Å². The Labute approximate surface area is 88.4 Å². The van der Waals surface area contributed by atoms with Gasteiger partial charge < -0.3 is 9.29 Å². The fourth-order valence-electron chi connectivity index (χ4n) is 0.660. The molecule has 0 saturated heterocycles. The average Bonchev–Trinajstić information content (AvgIpc) is 2.65. The minimum absolute atomic E-state index is 0.702. The highest BCUT2D eigenvalue weighted by Gasteiger charge is 2.39. The first-order valence-corrected chi connectivity index (χ1v) is 5.13. The third kappa shape index (κ3) is 2.73. The number of imidazole rings is 1. The number of hydrogen-bond donors (Lipinski definition) is 0. The highest BCUT2D eigenvalue weighted by Crippen LogP contribution is 2.20. The molecule has 0 spiro atoms. The van der Waals surface area contributed by atoms with Crippen LogP contribution in [0.4, 0.5) is 13.6 Å². The van der Waals surface area contributed by atoms with Crippen LogP contribution in [0.5, 0.6) is 0 Å². The van der Waals surface area contributed by atoms with Crippen LogP contribution in [0.15, 0.2) is 18.7 Å². The van der Waals surface area contributed by atoms with Crippen LogP contribution in [0.2, 0.25) is 0 Å². The van der Waals surface area contributed by atoms with Crippen molar-refractivity contribution in [2.75, 3.05) is 6.61 Å². The summed E-state index contributed by atoms with van der Waals surface area (Å²) >= 11 is 0. The number of hydrogen-bond acceptors (Lipinski definition) is 6. The van der Waals surface area contributed by atoms with Crippen molar-refractivity contribution in [1.29, 1.82) is 0 Å². The van der Waals surface area contributed by atoms with Crippen LogP contribution in [-0.4, -0.2) is 40.5 Å². The van der Waals surface area contributed by atoms with E-state index in [0.717, 1.165) is 12.5 Å². The van der Waals surface area contributed by atoms with Crippen LogP contribution >= 0.6 is 0 Å². The number of rotatable bonds is 3. The summed E-state index contributed by atoms with van der Waals surface area (Å²) in [6.07, 6.45) is 1.99. The van der Waals surface area contributed by atoms with Crippen LogP contribution in [0.3, 0.4) is 0 Å². The summed E-state index contributed by atoms with van der Waals surface area (Å²) in [6.45, 7) is -1.84. The minimum atomic E-state index is -5.85. The first-order valence-electron chi connectivity index (χ1n) is 3.72. The molecule has 10 heteroatoms. The van der Waals surface area contributed by atoms with Gasteiger partial charge in [-0.05, 0) is 0 Å². The van der Waals surface area contributed by atoms with Gasteiger partial charge in [-0.1, -0.05) is 0 Å². The normalized spacial score (nSPS) is 12.4. The Hall–Kier alpha value is -1.55. The van der Waals surface area contributed by atoms with Gasteiger partial charge in [0.25, 0.3) is 0 Å². The van der Waals surface area contributed by atoms with Crippen molar-refractivity contribution in [2.45, 2.75) is 5.25 Å². The molecule has 0 atom stereocenters. The number of ether oxygens (including phenoxy) is 1. The molecule has 90 valence electrons. The van der Waals surface area contributed by atoms with E-state index >= 15 is 0 Å². The molecule has 1 rings (SSSR count). The van der Waals surface area contributed by atoms with Crippen molar-refractivity contribution >= 4 is 16.2 Å². The predicted molar refractivity (Wildman–Crippen MR) is 43.6 cm³/mol. The van der Waals surface area contributed by atoms with Crippen LogP contribution in [0.1, 0.15) is 0 Å². The summed E-state index contributed by atoms with van der Waals surface area (Å²) in [5.41, 5.74) is 0. The number of halogens is 2. The summed E-state index contributed by atoms with van der Waals surface area (Å²) in [5, 5.41) is -4.65. The van der Waals surface area contributed by atoms with Crippen LogP contribution in [0.25, 0.3) is 0 Å². The third-order valence-electron chi connectivity index (χ3n) is 1.44. The highest BCUT2D eigenvalue weighted by molar-refractivity contribution is 7.86. The van der Waals surface area contributed by atoms with E-state index in [1.165, 1.54) is 6.20 Å². The molecular weight excluding hydrogens is 250 g/mol. The zero-order valence-corrected chi connectivity index (χ0v) is 8.36. The quantitative estimate of drug-likeness (QED) is 0.705. The fourth-order valence-corrected chi connectivity index (χ4v) is 0.863. The molecule has 0 unspecified atom stereocenters. The van der Waals surface area contributed by atoms with Gasteiger partial charge in [0.1, 0.15) is 6.33 Å². The first-order chi connectivity index (χ1) is 7.24. The van der Waals surface area contributed by atoms with E-state index in [9.17, 15) is 26.5 Å². The number of carbonyl (C=O) groups is 1. The van der Waals surface area contributed by atoms with E-state index < -0.39 is 28.1 Å². The Balaban J connectivity index is 2.63. The maximum Gasteiger partial charge on any atom is 0.419 e. The highest BCUT2D eigenvalue weighted by atomic mass is 32.2. The molecule has 16 heavy (non-hydrogen) atoms. The van der Waals surface area contributed by atoms with Gasteiger partial charge in [-0.15, -0.1) is 0 Å². The Morgan fingerprint density at radius 2 is 2.19 bits per heavy atom. The summed E-state index contributed by atoms with van der Waals surface area (Å²) in [4.78, 5) is 14.4. The molecule has 0 aliphatic heterocycles. The number of carbonyl (C=O) groups excluding carboxylic acids is 1. The number of nitrogens with zero attached hydrogens (tertiary/aromatic N) is 2. The van der Waals surface area contributed by atoms with E-state index in [2.05, 4.69) is 9.72 Å². The molecule has 7 nitrogen and oxygen atoms in total. The molecule has 0 bridgehead atoms. The molecule has 1 heterocycles. The predicted octanol–water partition coefficient (Wildman–Crippen LogP) is 0.00580. The van der Waals surface area contributed by atoms with Crippen molar-refractivity contribution in [2.24, 2.45) is 0 Å². The second-order valence-corrected chi connectivity index (χ2v) is 4.12. The lowest BCUT2D eigenvalue weighted by Crippen LogP contribution is -2.35. The fraction of sp³-hybridized carbons (Fsp3) is 0.333. The summed E-state index contributed by atoms with van der Waals surface area (Å²) in [6, 6.07) is 0. The Morgan fingerprint density at radius 3 is 2.62 bits per heavy atom. The van der Waals surface area contributed by atoms with E-state index in [-0.39, 0.29) is 0 Å². The monoisotopic (exact) mass is 255 g/mol. The van der Waals surface area contributed by atoms with Gasteiger partial charge in [0.15, 0.2) is 16.7 Å². The van der Waals surface area contributed by atoms with Gasteiger partial charge in [-0.3, -0.25) is 0 Å². The second kappa shape index (κ2) is 4.14. The second-order valence-electron chi connectivity index (χ2n) is 2.62.